The molecule has 1 heterocycles. The molecule has 0 atom stereocenters. The summed E-state index contributed by atoms with van der Waals surface area (Å²) in [5, 5.41) is 0. The number of unbranched alkanes of at least 4 members (excludes halogenated alkanes) is 4. The van der Waals surface area contributed by atoms with Gasteiger partial charge in [0, 0.05) is 0 Å². The van der Waals surface area contributed by atoms with Crippen LogP contribution in [0.25, 0.3) is 8.81 Å². The van der Waals surface area contributed by atoms with Gasteiger partial charge in [-0.3, -0.25) is 0 Å². The molecular formula is C26H32Cl2Ge. The average molecular weight is 488 g/mol. The first kappa shape index (κ1) is 22.7. The van der Waals surface area contributed by atoms with Crippen molar-refractivity contribution in [2.24, 2.45) is 0 Å². The zero-order valence-corrected chi connectivity index (χ0v) is 21.3. The van der Waals surface area contributed by atoms with Gasteiger partial charge in [0.25, 0.3) is 0 Å². The maximum atomic E-state index is 7.42. The summed E-state index contributed by atoms with van der Waals surface area (Å²) in [4.78, 5) is 0. The zero-order chi connectivity index (χ0) is 20.7. The van der Waals surface area contributed by atoms with Gasteiger partial charge in [-0.2, -0.15) is 0 Å². The third-order valence-electron chi connectivity index (χ3n) is 5.78. The van der Waals surface area contributed by atoms with Crippen LogP contribution in [0, 0.1) is 0 Å². The van der Waals surface area contributed by atoms with Gasteiger partial charge in [-0.25, -0.2) is 0 Å². The van der Waals surface area contributed by atoms with Crippen molar-refractivity contribution >= 4 is 40.2 Å². The van der Waals surface area contributed by atoms with E-state index in [0.717, 1.165) is 12.8 Å². The summed E-state index contributed by atoms with van der Waals surface area (Å²) >= 11 is -3.45. The van der Waals surface area contributed by atoms with Crippen molar-refractivity contribution in [3.63, 3.8) is 0 Å². The van der Waals surface area contributed by atoms with Gasteiger partial charge in [0.15, 0.2) is 0 Å². The SMILES string of the molecule is CCCCCC1=[C](c2ccccc2)[Ge]([Cl])([Cl])[C](c2ccccc2)=C1CCCCC. The first-order valence-electron chi connectivity index (χ1n) is 11.1. The van der Waals surface area contributed by atoms with Crippen LogP contribution >= 0.6 is 20.0 Å². The Balaban J connectivity index is 2.15. The van der Waals surface area contributed by atoms with Crippen LogP contribution in [0.5, 0.6) is 0 Å². The number of allylic oxidation sites excluding steroid dienone is 2. The minimum absolute atomic E-state index is 1.09. The summed E-state index contributed by atoms with van der Waals surface area (Å²) in [7, 11) is 14.8. The molecule has 0 nitrogen and oxygen atoms in total. The molecule has 2 aromatic carbocycles. The van der Waals surface area contributed by atoms with E-state index in [2.05, 4.69) is 74.5 Å². The average Bonchev–Trinajstić information content (AvgIpc) is 2.96. The molecule has 0 radical (unpaired) electrons. The zero-order valence-electron chi connectivity index (χ0n) is 17.7. The molecule has 3 rings (SSSR count). The van der Waals surface area contributed by atoms with E-state index in [1.807, 2.05) is 0 Å². The quantitative estimate of drug-likeness (QED) is 0.231. The van der Waals surface area contributed by atoms with E-state index in [-0.39, 0.29) is 0 Å². The summed E-state index contributed by atoms with van der Waals surface area (Å²) in [6.07, 6.45) is 9.52. The monoisotopic (exact) mass is 488 g/mol. The molecule has 3 heteroatoms. The predicted molar refractivity (Wildman–Crippen MR) is 132 cm³/mol. The van der Waals surface area contributed by atoms with Crippen LogP contribution in [-0.2, 0) is 0 Å². The minimum atomic E-state index is -3.45. The van der Waals surface area contributed by atoms with Crippen LogP contribution in [0.1, 0.15) is 76.3 Å². The fourth-order valence-corrected chi connectivity index (χ4v) is 14.5. The van der Waals surface area contributed by atoms with Gasteiger partial charge in [0.05, 0.1) is 0 Å². The third kappa shape index (κ3) is 5.21. The molecule has 0 bridgehead atoms. The first-order valence-corrected chi connectivity index (χ1v) is 18.7. The van der Waals surface area contributed by atoms with Gasteiger partial charge in [-0.15, -0.1) is 0 Å². The first-order chi connectivity index (χ1) is 14.1. The van der Waals surface area contributed by atoms with E-state index in [1.165, 1.54) is 69.6 Å². The van der Waals surface area contributed by atoms with Gasteiger partial charge >= 0.3 is 188 Å². The molecule has 2 aromatic rings. The molecular weight excluding hydrogens is 456 g/mol. The second-order valence-electron chi connectivity index (χ2n) is 7.93. The molecule has 154 valence electrons. The number of benzene rings is 2. The van der Waals surface area contributed by atoms with Crippen molar-refractivity contribution in [1.82, 2.24) is 0 Å². The van der Waals surface area contributed by atoms with Crippen LogP contribution in [-0.4, -0.2) is 11.4 Å². The predicted octanol–water partition coefficient (Wildman–Crippen LogP) is 9.07. The second-order valence-corrected chi connectivity index (χ2v) is 19.3. The maximum absolute atomic E-state index is 7.42. The van der Waals surface area contributed by atoms with Crippen LogP contribution in [0.3, 0.4) is 0 Å². The van der Waals surface area contributed by atoms with Gasteiger partial charge < -0.3 is 0 Å². The van der Waals surface area contributed by atoms with E-state index in [4.69, 9.17) is 20.0 Å². The molecule has 0 N–H and O–H groups in total. The van der Waals surface area contributed by atoms with Crippen LogP contribution in [0.15, 0.2) is 71.8 Å². The van der Waals surface area contributed by atoms with Gasteiger partial charge in [0.2, 0.25) is 0 Å². The molecule has 0 saturated heterocycles. The van der Waals surface area contributed by atoms with Crippen molar-refractivity contribution < 1.29 is 0 Å². The standard InChI is InChI=1S/C26H32Cl2Ge/c1-3-5-9-19-23-24(20-10-6-4-2)26(22-17-13-8-14-18-22)29(27,28)25(23)21-15-11-7-12-16-21/h7-8,11-18H,3-6,9-10,19-20H2,1-2H3. The summed E-state index contributed by atoms with van der Waals surface area (Å²) in [6, 6.07) is 21.3. The Bertz CT molecular complexity index is 779. The van der Waals surface area contributed by atoms with Gasteiger partial charge in [-0.05, 0) is 0 Å². The van der Waals surface area contributed by atoms with E-state index < -0.39 is 11.4 Å². The number of halogens is 2. The van der Waals surface area contributed by atoms with Crippen molar-refractivity contribution in [1.29, 1.82) is 0 Å². The second kappa shape index (κ2) is 10.9. The molecule has 1 aliphatic rings. The fourth-order valence-electron chi connectivity index (χ4n) is 4.38. The van der Waals surface area contributed by atoms with Crippen molar-refractivity contribution in [3.05, 3.63) is 82.9 Å². The fraction of sp³-hybridized carbons (Fsp3) is 0.385. The van der Waals surface area contributed by atoms with E-state index in [0.29, 0.717) is 0 Å². The number of hydrogen-bond donors (Lipinski definition) is 0. The Morgan fingerprint density at radius 1 is 0.586 bits per heavy atom. The molecule has 0 unspecified atom stereocenters. The molecule has 0 aromatic heterocycles. The van der Waals surface area contributed by atoms with Gasteiger partial charge in [0.1, 0.15) is 0 Å². The third-order valence-corrected chi connectivity index (χ3v) is 14.8. The molecule has 0 saturated carbocycles. The van der Waals surface area contributed by atoms with E-state index in [9.17, 15) is 0 Å². The molecule has 0 spiro atoms. The Kier molecular flexibility index (Phi) is 8.53. The van der Waals surface area contributed by atoms with E-state index >= 15 is 0 Å². The molecule has 1 aliphatic heterocycles. The van der Waals surface area contributed by atoms with Crippen LogP contribution in [0.2, 0.25) is 0 Å². The normalized spacial score (nSPS) is 16.0. The molecule has 0 fully saturated rings. The van der Waals surface area contributed by atoms with Crippen LogP contribution < -0.4 is 0 Å². The molecule has 0 amide bonds. The summed E-state index contributed by atoms with van der Waals surface area (Å²) in [5.41, 5.74) is 5.38. The van der Waals surface area contributed by atoms with Crippen molar-refractivity contribution in [2.45, 2.75) is 65.2 Å². The van der Waals surface area contributed by atoms with Crippen molar-refractivity contribution in [3.8, 4) is 0 Å². The number of hydrogen-bond acceptors (Lipinski definition) is 0. The summed E-state index contributed by atoms with van der Waals surface area (Å²) < 4.78 is 2.57. The topological polar surface area (TPSA) is 0 Å². The Labute approximate surface area is 187 Å². The Morgan fingerprint density at radius 3 is 1.31 bits per heavy atom. The molecule has 0 aliphatic carbocycles. The Hall–Kier alpha value is -0.957. The Morgan fingerprint density at radius 2 is 0.966 bits per heavy atom. The number of rotatable bonds is 10. The van der Waals surface area contributed by atoms with E-state index in [1.54, 1.807) is 0 Å². The molecule has 29 heavy (non-hydrogen) atoms. The summed E-state index contributed by atoms with van der Waals surface area (Å²) in [6.45, 7) is 4.53. The van der Waals surface area contributed by atoms with Crippen molar-refractivity contribution in [2.75, 3.05) is 0 Å². The van der Waals surface area contributed by atoms with Gasteiger partial charge in [-0.1, -0.05) is 0 Å². The summed E-state index contributed by atoms with van der Waals surface area (Å²) in [5.74, 6) is 0. The van der Waals surface area contributed by atoms with Crippen LogP contribution in [0.4, 0.5) is 0 Å².